The number of nitrogens with zero attached hydrogens (tertiary/aromatic N) is 1. The number of para-hydroxylation sites is 1. The quantitative estimate of drug-likeness (QED) is 0.654. The molecule has 27 heavy (non-hydrogen) atoms. The Morgan fingerprint density at radius 3 is 2.63 bits per heavy atom. The summed E-state index contributed by atoms with van der Waals surface area (Å²) < 4.78 is 11.8. The molecule has 1 aromatic rings. The molecule has 4 aliphatic carbocycles. The lowest BCUT2D eigenvalue weighted by atomic mass is 9.49. The van der Waals surface area contributed by atoms with Gasteiger partial charge in [0.1, 0.15) is 13.2 Å². The van der Waals surface area contributed by atoms with Crippen molar-refractivity contribution in [2.24, 2.45) is 17.3 Å². The van der Waals surface area contributed by atoms with Gasteiger partial charge in [-0.05, 0) is 63.4 Å². The third kappa shape index (κ3) is 2.97. The summed E-state index contributed by atoms with van der Waals surface area (Å²) in [5.74, 6) is 3.41. The molecule has 146 valence electrons. The van der Waals surface area contributed by atoms with Crippen LogP contribution in [0.2, 0.25) is 0 Å². The minimum absolute atomic E-state index is 0.157. The Morgan fingerprint density at radius 2 is 1.93 bits per heavy atom. The number of hydrogen-bond donors (Lipinski definition) is 0. The molecule has 4 nitrogen and oxygen atoms in total. The van der Waals surface area contributed by atoms with Gasteiger partial charge in [-0.2, -0.15) is 0 Å². The number of hydrogen-bond acceptors (Lipinski definition) is 3. The van der Waals surface area contributed by atoms with Crippen molar-refractivity contribution in [3.63, 3.8) is 0 Å². The minimum atomic E-state index is -0.157. The molecule has 5 aliphatic rings. The molecule has 6 rings (SSSR count). The Hall–Kier alpha value is -1.23. The van der Waals surface area contributed by atoms with Crippen LogP contribution < -0.4 is 9.47 Å². The monoisotopic (exact) mass is 433 g/mol. The Balaban J connectivity index is 1.41. The van der Waals surface area contributed by atoms with E-state index in [-0.39, 0.29) is 9.74 Å². The fourth-order valence-electron chi connectivity index (χ4n) is 6.53. The van der Waals surface area contributed by atoms with Gasteiger partial charge in [0.05, 0.1) is 5.41 Å². The predicted octanol–water partition coefficient (Wildman–Crippen LogP) is 4.54. The van der Waals surface area contributed by atoms with E-state index in [1.54, 1.807) is 0 Å². The van der Waals surface area contributed by atoms with Crippen LogP contribution in [0.1, 0.15) is 51.0 Å². The highest BCUT2D eigenvalue weighted by molar-refractivity contribution is 9.10. The first kappa shape index (κ1) is 17.8. The topological polar surface area (TPSA) is 38.8 Å². The van der Waals surface area contributed by atoms with Crippen molar-refractivity contribution < 1.29 is 14.3 Å². The van der Waals surface area contributed by atoms with Gasteiger partial charge in [0.15, 0.2) is 11.5 Å². The van der Waals surface area contributed by atoms with Crippen molar-refractivity contribution in [1.29, 1.82) is 0 Å². The van der Waals surface area contributed by atoms with Crippen molar-refractivity contribution in [3.8, 4) is 11.5 Å². The first-order valence-corrected chi connectivity index (χ1v) is 11.2. The zero-order chi connectivity index (χ0) is 18.6. The Bertz CT molecular complexity index is 750. The number of ether oxygens (including phenoxy) is 2. The third-order valence-corrected chi connectivity index (χ3v) is 8.05. The highest BCUT2D eigenvalue weighted by Gasteiger charge is 2.60. The average Bonchev–Trinajstić information content (AvgIpc) is 2.63. The fraction of sp³-hybridized carbons (Fsp3) is 0.682. The van der Waals surface area contributed by atoms with Gasteiger partial charge in [-0.15, -0.1) is 0 Å². The van der Waals surface area contributed by atoms with E-state index >= 15 is 0 Å². The molecular weight excluding hydrogens is 406 g/mol. The normalized spacial score (nSPS) is 35.9. The Morgan fingerprint density at radius 1 is 1.19 bits per heavy atom. The summed E-state index contributed by atoms with van der Waals surface area (Å²) >= 11 is 4.04. The van der Waals surface area contributed by atoms with E-state index in [1.807, 2.05) is 12.1 Å². The van der Waals surface area contributed by atoms with Crippen LogP contribution in [0.3, 0.4) is 0 Å². The van der Waals surface area contributed by atoms with E-state index in [0.717, 1.165) is 54.7 Å². The molecule has 4 saturated carbocycles. The van der Waals surface area contributed by atoms with Gasteiger partial charge in [0, 0.05) is 23.0 Å². The number of carbonyl (C=O) groups is 1. The SMILES string of the molecule is CCN(Cc1cccc2c1OCCO2)C(=O)C12CC3CC(CC(Br)(C3)C1)C2. The smallest absolute Gasteiger partial charge is 0.229 e. The van der Waals surface area contributed by atoms with Crippen molar-refractivity contribution in [2.45, 2.75) is 56.3 Å². The molecular formula is C22H28BrNO3. The second kappa shape index (κ2) is 6.40. The maximum atomic E-state index is 13.8. The largest absolute Gasteiger partial charge is 0.486 e. The maximum Gasteiger partial charge on any atom is 0.229 e. The molecule has 1 heterocycles. The van der Waals surface area contributed by atoms with E-state index < -0.39 is 0 Å². The van der Waals surface area contributed by atoms with Gasteiger partial charge in [-0.1, -0.05) is 28.1 Å². The van der Waals surface area contributed by atoms with Crippen LogP contribution in [0.5, 0.6) is 11.5 Å². The van der Waals surface area contributed by atoms with Gasteiger partial charge >= 0.3 is 0 Å². The molecule has 1 amide bonds. The Labute approximate surface area is 169 Å². The van der Waals surface area contributed by atoms with Crippen LogP contribution in [0.4, 0.5) is 0 Å². The van der Waals surface area contributed by atoms with Crippen molar-refractivity contribution in [1.82, 2.24) is 4.90 Å². The first-order valence-electron chi connectivity index (χ1n) is 10.4. The summed E-state index contributed by atoms with van der Waals surface area (Å²) in [4.78, 5) is 15.8. The second-order valence-electron chi connectivity index (χ2n) is 9.15. The number of carbonyl (C=O) groups excluding carboxylic acids is 1. The lowest BCUT2D eigenvalue weighted by Gasteiger charge is -2.60. The van der Waals surface area contributed by atoms with Crippen LogP contribution in [0, 0.1) is 17.3 Å². The standard InChI is InChI=1S/C22H28BrNO3/c1-2-24(13-17-4-3-5-18-19(17)27-7-6-26-18)20(25)21-9-15-8-16(10-21)12-22(23,11-15)14-21/h3-5,15-16H,2,6-14H2,1H3. The minimum Gasteiger partial charge on any atom is -0.486 e. The van der Waals surface area contributed by atoms with E-state index in [2.05, 4.69) is 33.8 Å². The summed E-state index contributed by atoms with van der Waals surface area (Å²) in [6, 6.07) is 6.01. The number of amides is 1. The maximum absolute atomic E-state index is 13.8. The predicted molar refractivity (Wildman–Crippen MR) is 107 cm³/mol. The number of benzene rings is 1. The number of rotatable bonds is 4. The van der Waals surface area contributed by atoms with Crippen LogP contribution in [0.25, 0.3) is 0 Å². The second-order valence-corrected chi connectivity index (χ2v) is 10.8. The molecule has 0 saturated heterocycles. The van der Waals surface area contributed by atoms with Gasteiger partial charge in [0.2, 0.25) is 5.91 Å². The first-order chi connectivity index (χ1) is 13.0. The highest BCUT2D eigenvalue weighted by atomic mass is 79.9. The molecule has 1 aromatic carbocycles. The van der Waals surface area contributed by atoms with Crippen molar-refractivity contribution in [3.05, 3.63) is 23.8 Å². The molecule has 5 heteroatoms. The molecule has 1 aliphatic heterocycles. The summed E-state index contributed by atoms with van der Waals surface area (Å²) in [5.41, 5.74) is 0.899. The summed E-state index contributed by atoms with van der Waals surface area (Å²) in [7, 11) is 0. The molecule has 0 N–H and O–H groups in total. The highest BCUT2D eigenvalue weighted by Crippen LogP contribution is 2.64. The van der Waals surface area contributed by atoms with Gasteiger partial charge < -0.3 is 14.4 Å². The third-order valence-electron chi connectivity index (χ3n) is 7.12. The van der Waals surface area contributed by atoms with Gasteiger partial charge in [0.25, 0.3) is 0 Å². The number of halogens is 1. The van der Waals surface area contributed by atoms with Gasteiger partial charge in [-0.3, -0.25) is 4.79 Å². The molecule has 4 bridgehead atoms. The van der Waals surface area contributed by atoms with E-state index in [9.17, 15) is 4.79 Å². The molecule has 0 aromatic heterocycles. The number of fused-ring (bicyclic) bond motifs is 1. The van der Waals surface area contributed by atoms with Crippen LogP contribution in [-0.4, -0.2) is 34.9 Å². The average molecular weight is 434 g/mol. The van der Waals surface area contributed by atoms with E-state index in [4.69, 9.17) is 9.47 Å². The van der Waals surface area contributed by atoms with E-state index in [1.165, 1.54) is 19.3 Å². The molecule has 4 fully saturated rings. The molecule has 0 spiro atoms. The summed E-state index contributed by atoms with van der Waals surface area (Å²) in [5, 5.41) is 0. The lowest BCUT2D eigenvalue weighted by molar-refractivity contribution is -0.156. The molecule has 2 atom stereocenters. The molecule has 0 radical (unpaired) electrons. The fourth-order valence-corrected chi connectivity index (χ4v) is 7.98. The zero-order valence-corrected chi connectivity index (χ0v) is 17.6. The van der Waals surface area contributed by atoms with Crippen LogP contribution in [-0.2, 0) is 11.3 Å². The summed E-state index contributed by atoms with van der Waals surface area (Å²) in [6.07, 6.45) is 7.00. The Kier molecular flexibility index (Phi) is 4.23. The van der Waals surface area contributed by atoms with Gasteiger partial charge in [-0.25, -0.2) is 0 Å². The van der Waals surface area contributed by atoms with Crippen molar-refractivity contribution in [2.75, 3.05) is 19.8 Å². The van der Waals surface area contributed by atoms with Crippen LogP contribution in [0.15, 0.2) is 18.2 Å². The van der Waals surface area contributed by atoms with Crippen molar-refractivity contribution >= 4 is 21.8 Å². The zero-order valence-electron chi connectivity index (χ0n) is 16.0. The summed E-state index contributed by atoms with van der Waals surface area (Å²) in [6.45, 7) is 4.59. The van der Waals surface area contributed by atoms with Crippen LogP contribution >= 0.6 is 15.9 Å². The van der Waals surface area contributed by atoms with E-state index in [0.29, 0.717) is 25.7 Å². The lowest BCUT2D eigenvalue weighted by Crippen LogP contribution is -2.58. The number of alkyl halides is 1. The molecule has 2 unspecified atom stereocenters.